The van der Waals surface area contributed by atoms with Crippen molar-refractivity contribution in [3.8, 4) is 0 Å². The van der Waals surface area contributed by atoms with Gasteiger partial charge >= 0.3 is 0 Å². The number of hydrogen-bond donors (Lipinski definition) is 1. The summed E-state index contributed by atoms with van der Waals surface area (Å²) in [4.78, 5) is 0. The Kier molecular flexibility index (Phi) is 2.84. The van der Waals surface area contributed by atoms with Crippen LogP contribution in [0.4, 0.5) is 0 Å². The SMILES string of the molecule is CC1C2CNCC2CN1S(=O)(=O)C(C)(C)C. The normalized spacial score (nSPS) is 36.6. The standard InChI is InChI=1S/C11H22N2O2S/c1-8-10-6-12-5-9(10)7-13(8)16(14,15)11(2,3)4/h8-10,12H,5-7H2,1-4H3. The molecule has 94 valence electrons. The minimum Gasteiger partial charge on any atom is -0.316 e. The molecule has 0 aromatic carbocycles. The summed E-state index contributed by atoms with van der Waals surface area (Å²) < 4.78 is 25.8. The molecule has 0 spiro atoms. The number of nitrogens with one attached hydrogen (secondary N) is 1. The van der Waals surface area contributed by atoms with E-state index >= 15 is 0 Å². The van der Waals surface area contributed by atoms with Crippen LogP contribution in [-0.4, -0.2) is 43.1 Å². The lowest BCUT2D eigenvalue weighted by molar-refractivity contribution is 0.350. The lowest BCUT2D eigenvalue weighted by Gasteiger charge is -2.31. The first-order valence-electron chi connectivity index (χ1n) is 5.97. The zero-order valence-corrected chi connectivity index (χ0v) is 11.3. The highest BCUT2D eigenvalue weighted by Gasteiger charge is 2.49. The van der Waals surface area contributed by atoms with Crippen molar-refractivity contribution in [2.45, 2.75) is 38.5 Å². The van der Waals surface area contributed by atoms with Gasteiger partial charge in [-0.1, -0.05) is 0 Å². The van der Waals surface area contributed by atoms with Crippen molar-refractivity contribution in [3.63, 3.8) is 0 Å². The van der Waals surface area contributed by atoms with Crippen LogP contribution in [0.25, 0.3) is 0 Å². The van der Waals surface area contributed by atoms with Crippen molar-refractivity contribution >= 4 is 10.0 Å². The highest BCUT2D eigenvalue weighted by Crippen LogP contribution is 2.37. The van der Waals surface area contributed by atoms with Crippen LogP contribution in [-0.2, 0) is 10.0 Å². The largest absolute Gasteiger partial charge is 0.316 e. The molecule has 0 saturated carbocycles. The molecule has 1 N–H and O–H groups in total. The highest BCUT2D eigenvalue weighted by atomic mass is 32.2. The number of hydrogen-bond acceptors (Lipinski definition) is 3. The van der Waals surface area contributed by atoms with Crippen molar-refractivity contribution in [1.82, 2.24) is 9.62 Å². The fourth-order valence-corrected chi connectivity index (χ4v) is 4.48. The van der Waals surface area contributed by atoms with Crippen LogP contribution in [0.1, 0.15) is 27.7 Å². The van der Waals surface area contributed by atoms with Gasteiger partial charge in [0.05, 0.1) is 4.75 Å². The Morgan fingerprint density at radius 3 is 2.38 bits per heavy atom. The Bertz CT molecular complexity index is 372. The van der Waals surface area contributed by atoms with E-state index in [0.29, 0.717) is 18.4 Å². The van der Waals surface area contributed by atoms with Gasteiger partial charge < -0.3 is 5.32 Å². The van der Waals surface area contributed by atoms with Gasteiger partial charge in [0.1, 0.15) is 0 Å². The molecule has 2 heterocycles. The molecule has 0 radical (unpaired) electrons. The van der Waals surface area contributed by atoms with Crippen molar-refractivity contribution < 1.29 is 8.42 Å². The fraction of sp³-hybridized carbons (Fsp3) is 1.00. The second kappa shape index (κ2) is 3.68. The molecule has 0 aromatic rings. The summed E-state index contributed by atoms with van der Waals surface area (Å²) in [5.41, 5.74) is 0. The molecule has 2 fully saturated rings. The zero-order chi connectivity index (χ0) is 12.1. The maximum atomic E-state index is 12.4. The Hall–Kier alpha value is -0.130. The summed E-state index contributed by atoms with van der Waals surface area (Å²) in [6.07, 6.45) is 0. The Labute approximate surface area is 98.4 Å². The van der Waals surface area contributed by atoms with E-state index in [0.717, 1.165) is 13.1 Å². The minimum atomic E-state index is -3.16. The van der Waals surface area contributed by atoms with Gasteiger partial charge in [0.25, 0.3) is 0 Å². The molecule has 0 aliphatic carbocycles. The van der Waals surface area contributed by atoms with Gasteiger partial charge in [-0.2, -0.15) is 4.31 Å². The van der Waals surface area contributed by atoms with Crippen LogP contribution >= 0.6 is 0 Å². The summed E-state index contributed by atoms with van der Waals surface area (Å²) in [6.45, 7) is 10.00. The molecule has 5 heteroatoms. The van der Waals surface area contributed by atoms with Crippen molar-refractivity contribution in [3.05, 3.63) is 0 Å². The van der Waals surface area contributed by atoms with Crippen molar-refractivity contribution in [2.75, 3.05) is 19.6 Å². The van der Waals surface area contributed by atoms with E-state index < -0.39 is 14.8 Å². The van der Waals surface area contributed by atoms with E-state index in [-0.39, 0.29) is 6.04 Å². The van der Waals surface area contributed by atoms with E-state index in [1.54, 1.807) is 25.1 Å². The third-order valence-electron chi connectivity index (χ3n) is 3.96. The Morgan fingerprint density at radius 1 is 1.25 bits per heavy atom. The lowest BCUT2D eigenvalue weighted by Crippen LogP contribution is -2.46. The maximum Gasteiger partial charge on any atom is 0.219 e. The molecule has 0 aromatic heterocycles. The van der Waals surface area contributed by atoms with Gasteiger partial charge in [0.2, 0.25) is 10.0 Å². The fourth-order valence-electron chi connectivity index (χ4n) is 2.80. The number of rotatable bonds is 1. The number of fused-ring (bicyclic) bond motifs is 1. The topological polar surface area (TPSA) is 49.4 Å². The predicted molar refractivity (Wildman–Crippen MR) is 64.7 cm³/mol. The monoisotopic (exact) mass is 246 g/mol. The molecule has 3 unspecified atom stereocenters. The molecule has 2 aliphatic heterocycles. The Morgan fingerprint density at radius 2 is 1.88 bits per heavy atom. The predicted octanol–water partition coefficient (Wildman–Crippen LogP) is 0.654. The van der Waals surface area contributed by atoms with Gasteiger partial charge in [0, 0.05) is 12.6 Å². The molecule has 2 aliphatic rings. The molecule has 4 nitrogen and oxygen atoms in total. The second-order valence-corrected chi connectivity index (χ2v) is 8.65. The summed E-state index contributed by atoms with van der Waals surface area (Å²) in [6, 6.07) is 0.143. The molecule has 0 amide bonds. The summed E-state index contributed by atoms with van der Waals surface area (Å²) >= 11 is 0. The molecular weight excluding hydrogens is 224 g/mol. The number of nitrogens with zero attached hydrogens (tertiary/aromatic N) is 1. The van der Waals surface area contributed by atoms with Crippen LogP contribution < -0.4 is 5.32 Å². The van der Waals surface area contributed by atoms with Gasteiger partial charge in [-0.15, -0.1) is 0 Å². The van der Waals surface area contributed by atoms with Gasteiger partial charge in [-0.3, -0.25) is 0 Å². The molecule has 0 bridgehead atoms. The van der Waals surface area contributed by atoms with Crippen LogP contribution in [0.5, 0.6) is 0 Å². The molecule has 2 saturated heterocycles. The molecule has 3 atom stereocenters. The smallest absolute Gasteiger partial charge is 0.219 e. The van der Waals surface area contributed by atoms with E-state index in [9.17, 15) is 8.42 Å². The third-order valence-corrected chi connectivity index (χ3v) is 6.61. The quantitative estimate of drug-likeness (QED) is 0.739. The first-order chi connectivity index (χ1) is 7.25. The molecule has 16 heavy (non-hydrogen) atoms. The summed E-state index contributed by atoms with van der Waals surface area (Å²) in [7, 11) is -3.16. The van der Waals surface area contributed by atoms with Crippen LogP contribution in [0.15, 0.2) is 0 Å². The van der Waals surface area contributed by atoms with E-state index in [2.05, 4.69) is 5.32 Å². The maximum absolute atomic E-state index is 12.4. The zero-order valence-electron chi connectivity index (χ0n) is 10.5. The summed E-state index contributed by atoms with van der Waals surface area (Å²) in [5.74, 6) is 1.00. The van der Waals surface area contributed by atoms with Gasteiger partial charge in [-0.05, 0) is 52.6 Å². The van der Waals surface area contributed by atoms with E-state index in [4.69, 9.17) is 0 Å². The third kappa shape index (κ3) is 1.69. The number of sulfonamides is 1. The van der Waals surface area contributed by atoms with Crippen molar-refractivity contribution in [1.29, 1.82) is 0 Å². The van der Waals surface area contributed by atoms with E-state index in [1.807, 2.05) is 6.92 Å². The van der Waals surface area contributed by atoms with Crippen LogP contribution in [0.3, 0.4) is 0 Å². The summed E-state index contributed by atoms with van der Waals surface area (Å²) in [5, 5.41) is 3.34. The minimum absolute atomic E-state index is 0.143. The average Bonchev–Trinajstić information content (AvgIpc) is 2.67. The second-order valence-electron chi connectivity index (χ2n) is 6.01. The highest BCUT2D eigenvalue weighted by molar-refractivity contribution is 7.90. The van der Waals surface area contributed by atoms with Gasteiger partial charge in [0.15, 0.2) is 0 Å². The molecule has 2 rings (SSSR count). The Balaban J connectivity index is 2.25. The first kappa shape index (κ1) is 12.3. The average molecular weight is 246 g/mol. The van der Waals surface area contributed by atoms with Crippen LogP contribution in [0.2, 0.25) is 0 Å². The van der Waals surface area contributed by atoms with E-state index in [1.165, 1.54) is 0 Å². The van der Waals surface area contributed by atoms with Crippen molar-refractivity contribution in [2.24, 2.45) is 11.8 Å². The lowest BCUT2D eigenvalue weighted by atomic mass is 9.95. The first-order valence-corrected chi connectivity index (χ1v) is 7.41. The van der Waals surface area contributed by atoms with Crippen LogP contribution in [0, 0.1) is 11.8 Å². The molecular formula is C11H22N2O2S. The van der Waals surface area contributed by atoms with Gasteiger partial charge in [-0.25, -0.2) is 8.42 Å².